The third-order valence-corrected chi connectivity index (χ3v) is 5.16. The molecule has 1 fully saturated rings. The van der Waals surface area contributed by atoms with Crippen molar-refractivity contribution in [3.05, 3.63) is 59.4 Å². The minimum atomic E-state index is -0.945. The maximum absolute atomic E-state index is 14.4. The lowest BCUT2D eigenvalue weighted by atomic mass is 9.83. The van der Waals surface area contributed by atoms with E-state index < -0.39 is 11.9 Å². The van der Waals surface area contributed by atoms with Gasteiger partial charge in [0.15, 0.2) is 0 Å². The number of halogens is 1. The number of carbonyl (C=O) groups is 1. The largest absolute Gasteiger partial charge is 0.481 e. The maximum atomic E-state index is 14.4. The summed E-state index contributed by atoms with van der Waals surface area (Å²) in [5, 5.41) is 9.04. The van der Waals surface area contributed by atoms with Crippen molar-refractivity contribution in [2.75, 3.05) is 0 Å². The number of aliphatic carboxylic acids is 1. The Balaban J connectivity index is 1.82. The highest BCUT2D eigenvalue weighted by molar-refractivity contribution is 5.76. The van der Waals surface area contributed by atoms with E-state index in [1.165, 1.54) is 43.7 Å². The van der Waals surface area contributed by atoms with Gasteiger partial charge in [0.25, 0.3) is 0 Å². The van der Waals surface area contributed by atoms with E-state index in [9.17, 15) is 9.18 Å². The molecular weight excluding hydrogens is 303 g/mol. The van der Waals surface area contributed by atoms with Crippen LogP contribution in [0.25, 0.3) is 11.1 Å². The number of carboxylic acid groups (broad SMARTS) is 1. The quantitative estimate of drug-likeness (QED) is 0.779. The van der Waals surface area contributed by atoms with Gasteiger partial charge in [0.1, 0.15) is 5.82 Å². The predicted octanol–water partition coefficient (Wildman–Crippen LogP) is 5.73. The SMILES string of the molecule is C[C@@H](C(=O)O)c1ccc(-c2ccc(C3CCCCC3)cc2)c(F)c1. The Morgan fingerprint density at radius 1 is 1.08 bits per heavy atom. The highest BCUT2D eigenvalue weighted by Gasteiger charge is 2.17. The standard InChI is InChI=1S/C21H23FO2/c1-14(21(23)24)18-11-12-19(20(22)13-18)17-9-7-16(8-10-17)15-5-3-2-4-6-15/h7-15H,2-6H2,1H3,(H,23,24)/t14-/m1/s1. The molecule has 0 bridgehead atoms. The van der Waals surface area contributed by atoms with Gasteiger partial charge in [0.05, 0.1) is 5.92 Å². The lowest BCUT2D eigenvalue weighted by Crippen LogP contribution is -2.07. The summed E-state index contributed by atoms with van der Waals surface area (Å²) in [7, 11) is 0. The number of hydrogen-bond donors (Lipinski definition) is 1. The van der Waals surface area contributed by atoms with Crippen LogP contribution in [0.4, 0.5) is 4.39 Å². The lowest BCUT2D eigenvalue weighted by molar-refractivity contribution is -0.138. The van der Waals surface area contributed by atoms with Crippen LogP contribution in [-0.4, -0.2) is 11.1 Å². The molecule has 2 nitrogen and oxygen atoms in total. The van der Waals surface area contributed by atoms with Gasteiger partial charge in [-0.05, 0) is 48.4 Å². The zero-order valence-electron chi connectivity index (χ0n) is 14.0. The van der Waals surface area contributed by atoms with Crippen LogP contribution >= 0.6 is 0 Å². The Kier molecular flexibility index (Phi) is 4.98. The molecule has 3 heteroatoms. The van der Waals surface area contributed by atoms with Gasteiger partial charge in [-0.2, -0.15) is 0 Å². The topological polar surface area (TPSA) is 37.3 Å². The van der Waals surface area contributed by atoms with Crippen LogP contribution < -0.4 is 0 Å². The third kappa shape index (κ3) is 3.50. The molecule has 1 atom stereocenters. The fraction of sp³-hybridized carbons (Fsp3) is 0.381. The van der Waals surface area contributed by atoms with Crippen LogP contribution in [0, 0.1) is 5.82 Å². The van der Waals surface area contributed by atoms with E-state index in [1.54, 1.807) is 19.1 Å². The molecule has 1 saturated carbocycles. The van der Waals surface area contributed by atoms with Gasteiger partial charge in [-0.25, -0.2) is 4.39 Å². The van der Waals surface area contributed by atoms with E-state index >= 15 is 0 Å². The first kappa shape index (κ1) is 16.7. The van der Waals surface area contributed by atoms with Crippen LogP contribution in [0.2, 0.25) is 0 Å². The zero-order chi connectivity index (χ0) is 17.1. The summed E-state index contributed by atoms with van der Waals surface area (Å²) in [5.74, 6) is -1.39. The van der Waals surface area contributed by atoms with E-state index in [1.807, 2.05) is 12.1 Å². The van der Waals surface area contributed by atoms with Crippen molar-refractivity contribution >= 4 is 5.97 Å². The van der Waals surface area contributed by atoms with Gasteiger partial charge in [0, 0.05) is 5.56 Å². The molecule has 0 aliphatic heterocycles. The molecule has 2 aromatic rings. The van der Waals surface area contributed by atoms with Crippen molar-refractivity contribution in [1.82, 2.24) is 0 Å². The summed E-state index contributed by atoms with van der Waals surface area (Å²) in [6, 6.07) is 12.9. The van der Waals surface area contributed by atoms with Crippen molar-refractivity contribution in [2.45, 2.75) is 50.9 Å². The third-order valence-electron chi connectivity index (χ3n) is 5.16. The summed E-state index contributed by atoms with van der Waals surface area (Å²) < 4.78 is 14.4. The molecular formula is C21H23FO2. The monoisotopic (exact) mass is 326 g/mol. The molecule has 1 aliphatic carbocycles. The first-order chi connectivity index (χ1) is 11.6. The van der Waals surface area contributed by atoms with E-state index in [0.29, 0.717) is 17.0 Å². The normalized spacial score (nSPS) is 16.8. The molecule has 0 spiro atoms. The highest BCUT2D eigenvalue weighted by Crippen LogP contribution is 2.34. The summed E-state index contributed by atoms with van der Waals surface area (Å²) in [5.41, 5.74) is 3.19. The fourth-order valence-electron chi connectivity index (χ4n) is 3.55. The van der Waals surface area contributed by atoms with E-state index in [-0.39, 0.29) is 5.82 Å². The summed E-state index contributed by atoms with van der Waals surface area (Å²) >= 11 is 0. The Labute approximate surface area is 142 Å². The number of carboxylic acids is 1. The smallest absolute Gasteiger partial charge is 0.310 e. The Hall–Kier alpha value is -2.16. The van der Waals surface area contributed by atoms with Crippen LogP contribution in [0.15, 0.2) is 42.5 Å². The molecule has 2 aromatic carbocycles. The summed E-state index contributed by atoms with van der Waals surface area (Å²) in [6.07, 6.45) is 6.42. The minimum absolute atomic E-state index is 0.369. The van der Waals surface area contributed by atoms with Crippen LogP contribution in [0.1, 0.15) is 62.0 Å². The van der Waals surface area contributed by atoms with Crippen LogP contribution in [-0.2, 0) is 4.79 Å². The molecule has 0 aromatic heterocycles. The molecule has 24 heavy (non-hydrogen) atoms. The Morgan fingerprint density at radius 2 is 1.75 bits per heavy atom. The second-order valence-electron chi connectivity index (χ2n) is 6.76. The average Bonchev–Trinajstić information content (AvgIpc) is 2.62. The molecule has 0 radical (unpaired) electrons. The molecule has 0 unspecified atom stereocenters. The van der Waals surface area contributed by atoms with E-state index in [4.69, 9.17) is 5.11 Å². The van der Waals surface area contributed by atoms with E-state index in [0.717, 1.165) is 5.56 Å². The average molecular weight is 326 g/mol. The lowest BCUT2D eigenvalue weighted by Gasteiger charge is -2.22. The second-order valence-corrected chi connectivity index (χ2v) is 6.76. The Bertz CT molecular complexity index is 715. The molecule has 126 valence electrons. The molecule has 1 N–H and O–H groups in total. The van der Waals surface area contributed by atoms with Gasteiger partial charge in [-0.3, -0.25) is 4.79 Å². The number of hydrogen-bond acceptors (Lipinski definition) is 1. The number of benzene rings is 2. The Morgan fingerprint density at radius 3 is 2.33 bits per heavy atom. The maximum Gasteiger partial charge on any atom is 0.310 e. The number of rotatable bonds is 4. The van der Waals surface area contributed by atoms with Gasteiger partial charge >= 0.3 is 5.97 Å². The molecule has 0 saturated heterocycles. The van der Waals surface area contributed by atoms with Crippen molar-refractivity contribution < 1.29 is 14.3 Å². The first-order valence-electron chi connectivity index (χ1n) is 8.69. The summed E-state index contributed by atoms with van der Waals surface area (Å²) in [4.78, 5) is 11.0. The van der Waals surface area contributed by atoms with Gasteiger partial charge in [0.2, 0.25) is 0 Å². The van der Waals surface area contributed by atoms with Crippen LogP contribution in [0.3, 0.4) is 0 Å². The molecule has 1 aliphatic rings. The van der Waals surface area contributed by atoms with Crippen molar-refractivity contribution in [3.8, 4) is 11.1 Å². The van der Waals surface area contributed by atoms with Crippen LogP contribution in [0.5, 0.6) is 0 Å². The van der Waals surface area contributed by atoms with E-state index in [2.05, 4.69) is 12.1 Å². The van der Waals surface area contributed by atoms with Crippen molar-refractivity contribution in [1.29, 1.82) is 0 Å². The van der Waals surface area contributed by atoms with Crippen molar-refractivity contribution in [3.63, 3.8) is 0 Å². The molecule has 0 amide bonds. The van der Waals surface area contributed by atoms with Gasteiger partial charge < -0.3 is 5.11 Å². The predicted molar refractivity (Wildman–Crippen MR) is 93.7 cm³/mol. The van der Waals surface area contributed by atoms with Crippen molar-refractivity contribution in [2.24, 2.45) is 0 Å². The van der Waals surface area contributed by atoms with Gasteiger partial charge in [-0.15, -0.1) is 0 Å². The van der Waals surface area contributed by atoms with Gasteiger partial charge in [-0.1, -0.05) is 55.7 Å². The minimum Gasteiger partial charge on any atom is -0.481 e. The first-order valence-corrected chi connectivity index (χ1v) is 8.69. The highest BCUT2D eigenvalue weighted by atomic mass is 19.1. The summed E-state index contributed by atoms with van der Waals surface area (Å²) in [6.45, 7) is 1.57. The fourth-order valence-corrected chi connectivity index (χ4v) is 3.55. The molecule has 3 rings (SSSR count). The molecule has 0 heterocycles. The second kappa shape index (κ2) is 7.16. The zero-order valence-corrected chi connectivity index (χ0v) is 14.0.